The van der Waals surface area contributed by atoms with Gasteiger partial charge in [-0.1, -0.05) is 60.7 Å². The number of carbonyl (C=O) groups excluding carboxylic acids is 1. The van der Waals surface area contributed by atoms with Crippen LogP contribution in [0.5, 0.6) is 0 Å². The molecular formula is C22H20N2O. The average Bonchev–Trinajstić information content (AvgIpc) is 2.95. The normalized spacial score (nSPS) is 11.1. The Morgan fingerprint density at radius 1 is 0.920 bits per heavy atom. The van der Waals surface area contributed by atoms with Crippen LogP contribution in [0.25, 0.3) is 21.7 Å². The van der Waals surface area contributed by atoms with Crippen LogP contribution >= 0.6 is 0 Å². The molecule has 1 heterocycles. The molecular weight excluding hydrogens is 308 g/mol. The molecule has 0 atom stereocenters. The third-order valence-electron chi connectivity index (χ3n) is 4.72. The zero-order chi connectivity index (χ0) is 17.2. The van der Waals surface area contributed by atoms with Crippen molar-refractivity contribution >= 4 is 27.6 Å². The van der Waals surface area contributed by atoms with Crippen molar-refractivity contribution in [3.63, 3.8) is 0 Å². The number of aromatic nitrogens is 1. The molecule has 3 heteroatoms. The molecule has 4 aromatic rings. The van der Waals surface area contributed by atoms with Gasteiger partial charge in [0, 0.05) is 23.1 Å². The highest BCUT2D eigenvalue weighted by atomic mass is 16.1. The van der Waals surface area contributed by atoms with Gasteiger partial charge < -0.3 is 10.3 Å². The maximum absolute atomic E-state index is 12.5. The summed E-state index contributed by atoms with van der Waals surface area (Å²) in [7, 11) is 0. The van der Waals surface area contributed by atoms with Crippen molar-refractivity contribution in [2.24, 2.45) is 0 Å². The number of benzene rings is 3. The van der Waals surface area contributed by atoms with Crippen LogP contribution in [0.4, 0.5) is 0 Å². The summed E-state index contributed by atoms with van der Waals surface area (Å²) in [5, 5.41) is 6.58. The summed E-state index contributed by atoms with van der Waals surface area (Å²) in [6, 6.07) is 22.6. The quantitative estimate of drug-likeness (QED) is 0.570. The number of hydrogen-bond donors (Lipinski definition) is 2. The topological polar surface area (TPSA) is 44.9 Å². The molecule has 4 rings (SSSR count). The van der Waals surface area contributed by atoms with Crippen molar-refractivity contribution in [2.45, 2.75) is 19.9 Å². The van der Waals surface area contributed by atoms with E-state index in [9.17, 15) is 4.79 Å². The van der Waals surface area contributed by atoms with E-state index in [1.165, 1.54) is 10.8 Å². The highest BCUT2D eigenvalue weighted by Crippen LogP contribution is 2.22. The Bertz CT molecular complexity index is 1060. The van der Waals surface area contributed by atoms with Gasteiger partial charge in [0.1, 0.15) is 0 Å². The predicted molar refractivity (Wildman–Crippen MR) is 103 cm³/mol. The summed E-state index contributed by atoms with van der Waals surface area (Å²) in [6.07, 6.45) is 0.389. The molecule has 124 valence electrons. The molecule has 0 saturated heterocycles. The number of amides is 1. The summed E-state index contributed by atoms with van der Waals surface area (Å²) in [5.41, 5.74) is 4.35. The lowest BCUT2D eigenvalue weighted by Gasteiger charge is -2.09. The largest absolute Gasteiger partial charge is 0.358 e. The van der Waals surface area contributed by atoms with Crippen LogP contribution in [0, 0.1) is 6.92 Å². The van der Waals surface area contributed by atoms with Crippen molar-refractivity contribution < 1.29 is 4.79 Å². The second kappa shape index (κ2) is 6.44. The molecule has 25 heavy (non-hydrogen) atoms. The van der Waals surface area contributed by atoms with Gasteiger partial charge in [-0.05, 0) is 34.9 Å². The molecule has 3 aromatic carbocycles. The Morgan fingerprint density at radius 3 is 2.52 bits per heavy atom. The zero-order valence-electron chi connectivity index (χ0n) is 14.2. The molecule has 0 aliphatic carbocycles. The van der Waals surface area contributed by atoms with Gasteiger partial charge in [-0.25, -0.2) is 0 Å². The maximum Gasteiger partial charge on any atom is 0.224 e. The summed E-state index contributed by atoms with van der Waals surface area (Å²) >= 11 is 0. The number of carbonyl (C=O) groups is 1. The number of nitrogens with one attached hydrogen (secondary N) is 2. The first-order valence-electron chi connectivity index (χ1n) is 8.52. The third kappa shape index (κ3) is 3.01. The van der Waals surface area contributed by atoms with E-state index < -0.39 is 0 Å². The number of fused-ring (bicyclic) bond motifs is 2. The van der Waals surface area contributed by atoms with Crippen LogP contribution < -0.4 is 5.32 Å². The second-order valence-electron chi connectivity index (χ2n) is 6.37. The van der Waals surface area contributed by atoms with Crippen molar-refractivity contribution in [1.82, 2.24) is 10.3 Å². The lowest BCUT2D eigenvalue weighted by atomic mass is 10.0. The minimum Gasteiger partial charge on any atom is -0.358 e. The molecule has 0 fully saturated rings. The number of hydrogen-bond acceptors (Lipinski definition) is 1. The van der Waals surface area contributed by atoms with E-state index in [-0.39, 0.29) is 5.91 Å². The molecule has 0 spiro atoms. The summed E-state index contributed by atoms with van der Waals surface area (Å²) < 4.78 is 0. The van der Waals surface area contributed by atoms with Gasteiger partial charge in [0.25, 0.3) is 0 Å². The van der Waals surface area contributed by atoms with Crippen LogP contribution in [0.1, 0.15) is 16.8 Å². The van der Waals surface area contributed by atoms with Crippen molar-refractivity contribution in [3.05, 3.63) is 83.6 Å². The van der Waals surface area contributed by atoms with Gasteiger partial charge in [0.05, 0.1) is 6.42 Å². The number of para-hydroxylation sites is 1. The fourth-order valence-corrected chi connectivity index (χ4v) is 3.43. The number of aromatic amines is 1. The van der Waals surface area contributed by atoms with Gasteiger partial charge >= 0.3 is 0 Å². The first kappa shape index (κ1) is 15.5. The molecule has 0 aliphatic rings. The molecule has 0 aliphatic heterocycles. The van der Waals surface area contributed by atoms with E-state index in [2.05, 4.69) is 40.6 Å². The molecule has 1 aromatic heterocycles. The summed E-state index contributed by atoms with van der Waals surface area (Å²) in [4.78, 5) is 15.8. The van der Waals surface area contributed by atoms with E-state index in [0.29, 0.717) is 13.0 Å². The lowest BCUT2D eigenvalue weighted by molar-refractivity contribution is -0.120. The van der Waals surface area contributed by atoms with Gasteiger partial charge in [0.2, 0.25) is 5.91 Å². The van der Waals surface area contributed by atoms with Gasteiger partial charge in [-0.3, -0.25) is 4.79 Å². The molecule has 0 radical (unpaired) electrons. The van der Waals surface area contributed by atoms with E-state index in [1.807, 2.05) is 43.3 Å². The zero-order valence-corrected chi connectivity index (χ0v) is 14.2. The molecule has 0 saturated carbocycles. The lowest BCUT2D eigenvalue weighted by Crippen LogP contribution is -2.24. The Morgan fingerprint density at radius 2 is 1.64 bits per heavy atom. The minimum atomic E-state index is 0.0424. The van der Waals surface area contributed by atoms with Crippen molar-refractivity contribution in [2.75, 3.05) is 0 Å². The Balaban J connectivity index is 1.51. The Hall–Kier alpha value is -3.07. The van der Waals surface area contributed by atoms with E-state index in [0.717, 1.165) is 27.7 Å². The van der Waals surface area contributed by atoms with Gasteiger partial charge in [-0.2, -0.15) is 0 Å². The highest BCUT2D eigenvalue weighted by Gasteiger charge is 2.12. The van der Waals surface area contributed by atoms with E-state index >= 15 is 0 Å². The number of rotatable bonds is 4. The van der Waals surface area contributed by atoms with Gasteiger partial charge in [-0.15, -0.1) is 0 Å². The molecule has 0 bridgehead atoms. The maximum atomic E-state index is 12.5. The minimum absolute atomic E-state index is 0.0424. The van der Waals surface area contributed by atoms with Crippen LogP contribution in [0.15, 0.2) is 66.7 Å². The van der Waals surface area contributed by atoms with Gasteiger partial charge in [0.15, 0.2) is 0 Å². The third-order valence-corrected chi connectivity index (χ3v) is 4.72. The van der Waals surface area contributed by atoms with E-state index in [1.54, 1.807) is 0 Å². The first-order valence-corrected chi connectivity index (χ1v) is 8.52. The Labute approximate surface area is 146 Å². The van der Waals surface area contributed by atoms with E-state index in [4.69, 9.17) is 0 Å². The van der Waals surface area contributed by atoms with Crippen molar-refractivity contribution in [3.8, 4) is 0 Å². The smallest absolute Gasteiger partial charge is 0.224 e. The average molecular weight is 328 g/mol. The number of H-pyrrole nitrogens is 1. The molecule has 0 unspecified atom stereocenters. The fraction of sp³-hybridized carbons (Fsp3) is 0.136. The highest BCUT2D eigenvalue weighted by molar-refractivity contribution is 5.90. The summed E-state index contributed by atoms with van der Waals surface area (Å²) in [5.74, 6) is 0.0424. The first-order chi connectivity index (χ1) is 12.2. The predicted octanol–water partition coefficient (Wildman–Crippen LogP) is 4.49. The van der Waals surface area contributed by atoms with Crippen LogP contribution in [-0.4, -0.2) is 10.9 Å². The van der Waals surface area contributed by atoms with Crippen LogP contribution in [0.2, 0.25) is 0 Å². The molecule has 3 nitrogen and oxygen atoms in total. The summed E-state index contributed by atoms with van der Waals surface area (Å²) in [6.45, 7) is 2.56. The SMILES string of the molecule is Cc1[nH]c2ccccc2c1CC(=O)NCc1cccc2ccccc12. The Kier molecular flexibility index (Phi) is 3.98. The van der Waals surface area contributed by atoms with Crippen molar-refractivity contribution in [1.29, 1.82) is 0 Å². The second-order valence-corrected chi connectivity index (χ2v) is 6.37. The molecule has 2 N–H and O–H groups in total. The standard InChI is InChI=1S/C22H20N2O/c1-15-20(19-11-4-5-12-21(19)24-15)13-22(25)23-14-17-9-6-8-16-7-2-3-10-18(16)17/h2-12,24H,13-14H2,1H3,(H,23,25). The van der Waals surface area contributed by atoms with Crippen LogP contribution in [-0.2, 0) is 17.8 Å². The number of aryl methyl sites for hydroxylation is 1. The molecule has 1 amide bonds. The monoisotopic (exact) mass is 328 g/mol. The van der Waals surface area contributed by atoms with Crippen LogP contribution in [0.3, 0.4) is 0 Å². The fourth-order valence-electron chi connectivity index (χ4n) is 3.43.